The van der Waals surface area contributed by atoms with Gasteiger partial charge in [0.05, 0.1) is 31.6 Å². The van der Waals surface area contributed by atoms with E-state index in [0.717, 1.165) is 61.6 Å². The first kappa shape index (κ1) is 15.8. The molecule has 1 saturated heterocycles. The summed E-state index contributed by atoms with van der Waals surface area (Å²) < 4.78 is 0. The van der Waals surface area contributed by atoms with Crippen LogP contribution in [-0.2, 0) is 24.2 Å². The summed E-state index contributed by atoms with van der Waals surface area (Å²) in [5.41, 5.74) is 1.26. The summed E-state index contributed by atoms with van der Waals surface area (Å²) in [6, 6.07) is 0. The van der Waals surface area contributed by atoms with Crippen molar-refractivity contribution in [2.45, 2.75) is 39.2 Å². The summed E-state index contributed by atoms with van der Waals surface area (Å²) in [5, 5.41) is 0.829. The highest BCUT2D eigenvalue weighted by Crippen LogP contribution is 2.33. The van der Waals surface area contributed by atoms with Gasteiger partial charge in [0.1, 0.15) is 11.4 Å². The Hall–Kier alpha value is -1.73. The highest BCUT2D eigenvalue weighted by molar-refractivity contribution is 7.18. The highest BCUT2D eigenvalue weighted by Gasteiger charge is 2.24. The summed E-state index contributed by atoms with van der Waals surface area (Å²) in [6.45, 7) is 5.72. The molecule has 0 radical (unpaired) electrons. The lowest BCUT2D eigenvalue weighted by Crippen LogP contribution is -3.13. The van der Waals surface area contributed by atoms with E-state index in [9.17, 15) is 9.59 Å². The molecular weight excluding hydrogens is 324 g/mol. The van der Waals surface area contributed by atoms with Gasteiger partial charge in [-0.05, 0) is 31.2 Å². The van der Waals surface area contributed by atoms with Gasteiger partial charge in [-0.2, -0.15) is 0 Å². The lowest BCUT2D eigenvalue weighted by Gasteiger charge is -2.31. The molecule has 6 nitrogen and oxygen atoms in total. The minimum Gasteiger partial charge on any atom is -0.332 e. The largest absolute Gasteiger partial charge is 0.332 e. The quantitative estimate of drug-likeness (QED) is 0.810. The van der Waals surface area contributed by atoms with Gasteiger partial charge in [-0.3, -0.25) is 9.59 Å². The fourth-order valence-corrected chi connectivity index (χ4v) is 5.12. The number of aromatic nitrogens is 2. The number of fused-ring (bicyclic) bond motifs is 3. The maximum atomic E-state index is 12.6. The predicted octanol–water partition coefficient (Wildman–Crippen LogP) is 0.110. The molecule has 2 aliphatic rings. The summed E-state index contributed by atoms with van der Waals surface area (Å²) in [7, 11) is 0. The van der Waals surface area contributed by atoms with Crippen molar-refractivity contribution in [1.29, 1.82) is 0 Å². The lowest BCUT2D eigenvalue weighted by molar-refractivity contribution is -0.918. The van der Waals surface area contributed by atoms with Crippen LogP contribution in [0.1, 0.15) is 36.0 Å². The minimum atomic E-state index is 0.0242. The Balaban J connectivity index is 1.55. The predicted molar refractivity (Wildman–Crippen MR) is 93.5 cm³/mol. The molecule has 2 aromatic rings. The molecule has 24 heavy (non-hydrogen) atoms. The van der Waals surface area contributed by atoms with Crippen LogP contribution in [0.25, 0.3) is 10.2 Å². The average Bonchev–Trinajstić information content (AvgIpc) is 2.94. The molecule has 0 aromatic carbocycles. The number of amides is 1. The monoisotopic (exact) mass is 347 g/mol. The zero-order chi connectivity index (χ0) is 16.7. The summed E-state index contributed by atoms with van der Waals surface area (Å²) in [4.78, 5) is 37.2. The molecule has 7 heteroatoms. The van der Waals surface area contributed by atoms with Gasteiger partial charge in [0, 0.05) is 11.8 Å². The van der Waals surface area contributed by atoms with Crippen LogP contribution in [0.4, 0.5) is 0 Å². The Morgan fingerprint density at radius 2 is 2.04 bits per heavy atom. The van der Waals surface area contributed by atoms with Gasteiger partial charge in [0.25, 0.3) is 5.56 Å². The van der Waals surface area contributed by atoms with Gasteiger partial charge in [-0.1, -0.05) is 0 Å². The van der Waals surface area contributed by atoms with Crippen LogP contribution in [0.15, 0.2) is 4.79 Å². The van der Waals surface area contributed by atoms with Crippen LogP contribution in [0, 0.1) is 0 Å². The van der Waals surface area contributed by atoms with E-state index in [-0.39, 0.29) is 11.5 Å². The van der Waals surface area contributed by atoms with Crippen molar-refractivity contribution in [2.75, 3.05) is 26.2 Å². The number of piperazine rings is 1. The van der Waals surface area contributed by atoms with Crippen LogP contribution in [0.5, 0.6) is 0 Å². The van der Waals surface area contributed by atoms with Gasteiger partial charge in [-0.25, -0.2) is 4.98 Å². The van der Waals surface area contributed by atoms with Crippen molar-refractivity contribution in [2.24, 2.45) is 0 Å². The fourth-order valence-electron chi connectivity index (χ4n) is 3.84. The van der Waals surface area contributed by atoms with E-state index in [1.165, 1.54) is 28.2 Å². The van der Waals surface area contributed by atoms with Crippen LogP contribution >= 0.6 is 11.3 Å². The number of carbonyl (C=O) groups excluding carboxylic acids is 1. The third-order valence-corrected chi connectivity index (χ3v) is 6.39. The van der Waals surface area contributed by atoms with Crippen molar-refractivity contribution < 1.29 is 9.69 Å². The second-order valence-electron chi connectivity index (χ2n) is 6.84. The molecule has 1 aliphatic carbocycles. The molecule has 0 spiro atoms. The molecule has 128 valence electrons. The smallest absolute Gasteiger partial charge is 0.260 e. The van der Waals surface area contributed by atoms with E-state index < -0.39 is 0 Å². The lowest BCUT2D eigenvalue weighted by atomic mass is 9.97. The van der Waals surface area contributed by atoms with E-state index in [2.05, 4.69) is 4.98 Å². The van der Waals surface area contributed by atoms with E-state index in [1.807, 2.05) is 4.90 Å². The van der Waals surface area contributed by atoms with Crippen molar-refractivity contribution >= 4 is 27.5 Å². The number of H-pyrrole nitrogens is 1. The minimum absolute atomic E-state index is 0.0242. The first-order chi connectivity index (χ1) is 11.6. The van der Waals surface area contributed by atoms with Crippen LogP contribution < -0.4 is 10.5 Å². The molecule has 1 fully saturated rings. The standard InChI is InChI=1S/C17H22N4O2S/c1-11(22)21-8-6-20(7-9-21)10-14-18-16(23)15-12-4-2-3-5-13(12)24-17(15)19-14/h2-10H2,1H3,(H,18,19,23)/p+1. The summed E-state index contributed by atoms with van der Waals surface area (Å²) in [6.07, 6.45) is 4.49. The Bertz CT molecular complexity index is 833. The molecule has 2 N–H and O–H groups in total. The second kappa shape index (κ2) is 6.29. The normalized spacial score (nSPS) is 18.8. The van der Waals surface area contributed by atoms with Crippen LogP contribution in [-0.4, -0.2) is 47.0 Å². The molecule has 2 aromatic heterocycles. The average molecular weight is 347 g/mol. The number of nitrogens with one attached hydrogen (secondary N) is 2. The number of quaternary nitrogens is 1. The Kier molecular flexibility index (Phi) is 4.14. The number of carbonyl (C=O) groups is 1. The summed E-state index contributed by atoms with van der Waals surface area (Å²) in [5.74, 6) is 0.920. The van der Waals surface area contributed by atoms with Crippen molar-refractivity contribution in [3.8, 4) is 0 Å². The van der Waals surface area contributed by atoms with E-state index in [4.69, 9.17) is 4.98 Å². The maximum absolute atomic E-state index is 12.6. The van der Waals surface area contributed by atoms with Gasteiger partial charge in [0.15, 0.2) is 5.82 Å². The first-order valence-corrected chi connectivity index (χ1v) is 9.56. The highest BCUT2D eigenvalue weighted by atomic mass is 32.1. The van der Waals surface area contributed by atoms with Gasteiger partial charge in [0.2, 0.25) is 5.91 Å². The topological polar surface area (TPSA) is 70.5 Å². The third kappa shape index (κ3) is 2.86. The number of nitrogens with zero attached hydrogens (tertiary/aromatic N) is 2. The van der Waals surface area contributed by atoms with E-state index >= 15 is 0 Å². The first-order valence-electron chi connectivity index (χ1n) is 8.74. The van der Waals surface area contributed by atoms with Gasteiger partial charge < -0.3 is 14.8 Å². The van der Waals surface area contributed by atoms with E-state index in [1.54, 1.807) is 18.3 Å². The third-order valence-electron chi connectivity index (χ3n) is 5.21. The molecule has 0 unspecified atom stereocenters. The number of thiophene rings is 1. The zero-order valence-electron chi connectivity index (χ0n) is 14.0. The number of aromatic amines is 1. The van der Waals surface area contributed by atoms with Crippen LogP contribution in [0.2, 0.25) is 0 Å². The molecule has 1 aliphatic heterocycles. The number of rotatable bonds is 2. The number of hydrogen-bond donors (Lipinski definition) is 2. The van der Waals surface area contributed by atoms with Gasteiger partial charge in [-0.15, -0.1) is 11.3 Å². The SMILES string of the molecule is CC(=O)N1CC[NH+](Cc2nc3sc4c(c3c(=O)[nH]2)CCCC4)CC1. The molecule has 0 saturated carbocycles. The maximum Gasteiger partial charge on any atom is 0.260 e. The molecular formula is C17H23N4O2S+. The van der Waals surface area contributed by atoms with Crippen molar-refractivity contribution in [3.05, 3.63) is 26.6 Å². The number of aryl methyl sites for hydroxylation is 2. The Labute approximate surface area is 144 Å². The summed E-state index contributed by atoms with van der Waals surface area (Å²) >= 11 is 1.70. The Morgan fingerprint density at radius 3 is 2.79 bits per heavy atom. The number of hydrogen-bond acceptors (Lipinski definition) is 4. The van der Waals surface area contributed by atoms with Gasteiger partial charge >= 0.3 is 0 Å². The Morgan fingerprint density at radius 1 is 1.29 bits per heavy atom. The van der Waals surface area contributed by atoms with Crippen molar-refractivity contribution in [3.63, 3.8) is 0 Å². The molecule has 1 amide bonds. The second-order valence-corrected chi connectivity index (χ2v) is 7.92. The van der Waals surface area contributed by atoms with Crippen LogP contribution in [0.3, 0.4) is 0 Å². The molecule has 3 heterocycles. The molecule has 4 rings (SSSR count). The molecule has 0 bridgehead atoms. The fraction of sp³-hybridized carbons (Fsp3) is 0.588. The molecule has 0 atom stereocenters. The zero-order valence-corrected chi connectivity index (χ0v) is 14.8. The van der Waals surface area contributed by atoms with Crippen molar-refractivity contribution in [1.82, 2.24) is 14.9 Å². The van der Waals surface area contributed by atoms with E-state index in [0.29, 0.717) is 0 Å².